The Hall–Kier alpha value is -1.75. The van der Waals surface area contributed by atoms with E-state index in [1.54, 1.807) is 0 Å². The van der Waals surface area contributed by atoms with Gasteiger partial charge in [-0.3, -0.25) is 0 Å². The van der Waals surface area contributed by atoms with Crippen LogP contribution in [0.4, 0.5) is 0 Å². The van der Waals surface area contributed by atoms with Gasteiger partial charge in [0.05, 0.1) is 12.0 Å². The number of nitriles is 1. The summed E-state index contributed by atoms with van der Waals surface area (Å²) >= 11 is 0. The lowest BCUT2D eigenvalue weighted by molar-refractivity contribution is 0.945. The largest absolute Gasteiger partial charge is 0.363 e. The molecule has 1 N–H and O–H groups in total. The number of rotatable bonds is 1. The van der Waals surface area contributed by atoms with Crippen LogP contribution in [0, 0.1) is 11.3 Å². The second-order valence-electron chi connectivity index (χ2n) is 3.14. The lowest BCUT2D eigenvalue weighted by Crippen LogP contribution is -1.89. The SMILES string of the molecule is CC(C#N)c1[nH]cc2ccccc12. The summed E-state index contributed by atoms with van der Waals surface area (Å²) in [4.78, 5) is 3.14. The maximum atomic E-state index is 8.80. The van der Waals surface area contributed by atoms with E-state index in [0.29, 0.717) is 0 Å². The highest BCUT2D eigenvalue weighted by atomic mass is 14.7. The average Bonchev–Trinajstić information content (AvgIpc) is 2.60. The molecule has 1 atom stereocenters. The molecule has 2 aromatic rings. The van der Waals surface area contributed by atoms with Gasteiger partial charge < -0.3 is 4.98 Å². The molecule has 1 heterocycles. The second kappa shape index (κ2) is 2.95. The van der Waals surface area contributed by atoms with Gasteiger partial charge in [-0.25, -0.2) is 0 Å². The van der Waals surface area contributed by atoms with Crippen molar-refractivity contribution in [2.24, 2.45) is 0 Å². The molecule has 2 nitrogen and oxygen atoms in total. The van der Waals surface area contributed by atoms with Gasteiger partial charge in [-0.2, -0.15) is 5.26 Å². The van der Waals surface area contributed by atoms with Gasteiger partial charge >= 0.3 is 0 Å². The molecule has 0 aliphatic carbocycles. The fourth-order valence-corrected chi connectivity index (χ4v) is 1.52. The number of nitrogens with one attached hydrogen (secondary N) is 1. The van der Waals surface area contributed by atoms with Crippen LogP contribution in [0.5, 0.6) is 0 Å². The lowest BCUT2D eigenvalue weighted by atomic mass is 10.1. The molecule has 13 heavy (non-hydrogen) atoms. The molecule has 2 rings (SSSR count). The van der Waals surface area contributed by atoms with Crippen LogP contribution in [0.25, 0.3) is 10.8 Å². The minimum absolute atomic E-state index is 0.0695. The number of aromatic amines is 1. The van der Waals surface area contributed by atoms with Crippen molar-refractivity contribution in [2.75, 3.05) is 0 Å². The van der Waals surface area contributed by atoms with Gasteiger partial charge in [0, 0.05) is 17.3 Å². The first-order valence-electron chi connectivity index (χ1n) is 4.28. The van der Waals surface area contributed by atoms with Crippen molar-refractivity contribution in [1.29, 1.82) is 5.26 Å². The summed E-state index contributed by atoms with van der Waals surface area (Å²) in [5.74, 6) is -0.0695. The molecule has 64 valence electrons. The molecule has 0 bridgehead atoms. The second-order valence-corrected chi connectivity index (χ2v) is 3.14. The van der Waals surface area contributed by atoms with Crippen molar-refractivity contribution in [3.63, 3.8) is 0 Å². The maximum Gasteiger partial charge on any atom is 0.0840 e. The first-order valence-corrected chi connectivity index (χ1v) is 4.28. The van der Waals surface area contributed by atoms with Gasteiger partial charge in [-0.1, -0.05) is 24.3 Å². The highest BCUT2D eigenvalue weighted by molar-refractivity contribution is 5.85. The average molecular weight is 170 g/mol. The molecule has 0 spiro atoms. The topological polar surface area (TPSA) is 39.6 Å². The number of benzene rings is 1. The third-order valence-electron chi connectivity index (χ3n) is 2.26. The van der Waals surface area contributed by atoms with Gasteiger partial charge in [-0.05, 0) is 12.3 Å². The third-order valence-corrected chi connectivity index (χ3v) is 2.26. The van der Waals surface area contributed by atoms with Crippen molar-refractivity contribution in [3.8, 4) is 6.07 Å². The van der Waals surface area contributed by atoms with Crippen molar-refractivity contribution in [1.82, 2.24) is 4.98 Å². The van der Waals surface area contributed by atoms with E-state index < -0.39 is 0 Å². The van der Waals surface area contributed by atoms with Crippen LogP contribution in [0.1, 0.15) is 18.5 Å². The minimum Gasteiger partial charge on any atom is -0.363 e. The van der Waals surface area contributed by atoms with E-state index in [9.17, 15) is 0 Å². The molecule has 0 aliphatic heterocycles. The molecule has 0 radical (unpaired) electrons. The van der Waals surface area contributed by atoms with Crippen LogP contribution in [0.15, 0.2) is 30.5 Å². The van der Waals surface area contributed by atoms with E-state index in [-0.39, 0.29) is 5.92 Å². The molecular weight excluding hydrogens is 160 g/mol. The predicted molar refractivity (Wildman–Crippen MR) is 52.3 cm³/mol. The standard InChI is InChI=1S/C11H10N2/c1-8(6-12)11-10-5-3-2-4-9(10)7-13-11/h2-5,7-8,13H,1H3. The molecule has 0 fully saturated rings. The van der Waals surface area contributed by atoms with Crippen molar-refractivity contribution < 1.29 is 0 Å². The van der Waals surface area contributed by atoms with Gasteiger partial charge in [0.25, 0.3) is 0 Å². The Balaban J connectivity index is 2.66. The van der Waals surface area contributed by atoms with Crippen LogP contribution < -0.4 is 0 Å². The van der Waals surface area contributed by atoms with Crippen LogP contribution in [0.3, 0.4) is 0 Å². The zero-order chi connectivity index (χ0) is 9.26. The zero-order valence-corrected chi connectivity index (χ0v) is 7.41. The molecule has 1 unspecified atom stereocenters. The fraction of sp³-hybridized carbons (Fsp3) is 0.182. The quantitative estimate of drug-likeness (QED) is 0.702. The number of H-pyrrole nitrogens is 1. The highest BCUT2D eigenvalue weighted by Crippen LogP contribution is 2.23. The Labute approximate surface area is 76.8 Å². The zero-order valence-electron chi connectivity index (χ0n) is 7.41. The minimum atomic E-state index is -0.0695. The van der Waals surface area contributed by atoms with Gasteiger partial charge in [0.15, 0.2) is 0 Å². The maximum absolute atomic E-state index is 8.80. The summed E-state index contributed by atoms with van der Waals surface area (Å²) in [6.45, 7) is 1.90. The molecule has 2 heteroatoms. The fourth-order valence-electron chi connectivity index (χ4n) is 1.52. The Bertz CT molecular complexity index is 462. The Morgan fingerprint density at radius 3 is 2.92 bits per heavy atom. The van der Waals surface area contributed by atoms with Crippen molar-refractivity contribution >= 4 is 10.8 Å². The van der Waals surface area contributed by atoms with Crippen LogP contribution >= 0.6 is 0 Å². The molecule has 1 aromatic heterocycles. The Morgan fingerprint density at radius 1 is 1.38 bits per heavy atom. The van der Waals surface area contributed by atoms with Crippen LogP contribution in [0.2, 0.25) is 0 Å². The predicted octanol–water partition coefficient (Wildman–Crippen LogP) is 2.79. The van der Waals surface area contributed by atoms with E-state index in [1.807, 2.05) is 37.4 Å². The first kappa shape index (κ1) is 7.88. The van der Waals surface area contributed by atoms with E-state index in [1.165, 1.54) is 5.39 Å². The van der Waals surface area contributed by atoms with Gasteiger partial charge in [0.2, 0.25) is 0 Å². The van der Waals surface area contributed by atoms with E-state index in [4.69, 9.17) is 5.26 Å². The molecule has 0 saturated carbocycles. The summed E-state index contributed by atoms with van der Waals surface area (Å²) in [6, 6.07) is 10.3. The summed E-state index contributed by atoms with van der Waals surface area (Å²) < 4.78 is 0. The third kappa shape index (κ3) is 1.19. The number of hydrogen-bond acceptors (Lipinski definition) is 1. The molecular formula is C11H10N2. The summed E-state index contributed by atoms with van der Waals surface area (Å²) in [5, 5.41) is 11.1. The summed E-state index contributed by atoms with van der Waals surface area (Å²) in [6.07, 6.45) is 1.94. The van der Waals surface area contributed by atoms with Crippen molar-refractivity contribution in [2.45, 2.75) is 12.8 Å². The molecule has 0 aliphatic rings. The van der Waals surface area contributed by atoms with E-state index >= 15 is 0 Å². The Morgan fingerprint density at radius 2 is 2.15 bits per heavy atom. The van der Waals surface area contributed by atoms with Gasteiger partial charge in [0.1, 0.15) is 0 Å². The van der Waals surface area contributed by atoms with Crippen LogP contribution in [-0.4, -0.2) is 4.98 Å². The lowest BCUT2D eigenvalue weighted by Gasteiger charge is -1.99. The number of hydrogen-bond donors (Lipinski definition) is 1. The molecule has 0 saturated heterocycles. The number of nitrogens with zero attached hydrogens (tertiary/aromatic N) is 1. The highest BCUT2D eigenvalue weighted by Gasteiger charge is 2.08. The van der Waals surface area contributed by atoms with E-state index in [2.05, 4.69) is 11.1 Å². The summed E-state index contributed by atoms with van der Waals surface area (Å²) in [5.41, 5.74) is 1.01. The Kier molecular flexibility index (Phi) is 1.79. The van der Waals surface area contributed by atoms with Crippen molar-refractivity contribution in [3.05, 3.63) is 36.2 Å². The van der Waals surface area contributed by atoms with Gasteiger partial charge in [-0.15, -0.1) is 0 Å². The first-order chi connectivity index (χ1) is 6.33. The summed E-state index contributed by atoms with van der Waals surface area (Å²) in [7, 11) is 0. The normalized spacial score (nSPS) is 12.6. The van der Waals surface area contributed by atoms with Crippen LogP contribution in [-0.2, 0) is 0 Å². The number of fused-ring (bicyclic) bond motifs is 1. The monoisotopic (exact) mass is 170 g/mol. The molecule has 0 amide bonds. The van der Waals surface area contributed by atoms with E-state index in [0.717, 1.165) is 11.1 Å². The smallest absolute Gasteiger partial charge is 0.0840 e. The molecule has 1 aromatic carbocycles. The number of aromatic nitrogens is 1.